The van der Waals surface area contributed by atoms with E-state index in [2.05, 4.69) is 52.1 Å². The van der Waals surface area contributed by atoms with Gasteiger partial charge in [-0.15, -0.1) is 0 Å². The van der Waals surface area contributed by atoms with Gasteiger partial charge in [0.2, 0.25) is 0 Å². The largest absolute Gasteiger partial charge is 0.370 e. The lowest BCUT2D eigenvalue weighted by atomic mass is 10.0. The quantitative estimate of drug-likeness (QED) is 0.923. The van der Waals surface area contributed by atoms with Crippen LogP contribution in [0.2, 0.25) is 0 Å². The van der Waals surface area contributed by atoms with Crippen molar-refractivity contribution in [2.45, 2.75) is 6.04 Å². The summed E-state index contributed by atoms with van der Waals surface area (Å²) in [6.07, 6.45) is 3.85. The molecule has 5 heteroatoms. The molecule has 1 aliphatic heterocycles. The van der Waals surface area contributed by atoms with E-state index in [-0.39, 0.29) is 6.04 Å². The lowest BCUT2D eigenvalue weighted by Crippen LogP contribution is -2.40. The highest BCUT2D eigenvalue weighted by molar-refractivity contribution is 5.87. The average molecular weight is 283 g/mol. The highest BCUT2D eigenvalue weighted by atomic mass is 15.3. The van der Waals surface area contributed by atoms with Crippen LogP contribution in [0.25, 0.3) is 10.8 Å². The Kier molecular flexibility index (Phi) is 3.75. The number of nitrogens with two attached hydrogens (primary N) is 1. The molecule has 3 rings (SSSR count). The number of pyridine rings is 1. The molecule has 1 unspecified atom stereocenters. The third-order valence-electron chi connectivity index (χ3n) is 3.94. The molecule has 0 spiro atoms. The van der Waals surface area contributed by atoms with Crippen LogP contribution in [0.15, 0.2) is 41.7 Å². The monoisotopic (exact) mass is 283 g/mol. The first-order chi connectivity index (χ1) is 10.2. The molecule has 2 aromatic rings. The lowest BCUT2D eigenvalue weighted by molar-refractivity contribution is 0.294. The smallest absolute Gasteiger partial charge is 0.191 e. The number of aliphatic imine (C=N–C) groups is 1. The Bertz CT molecular complexity index is 659. The molecule has 0 saturated heterocycles. The van der Waals surface area contributed by atoms with Crippen molar-refractivity contribution >= 4 is 16.7 Å². The summed E-state index contributed by atoms with van der Waals surface area (Å²) in [4.78, 5) is 13.2. The molecule has 5 nitrogen and oxygen atoms in total. The highest BCUT2D eigenvalue weighted by Crippen LogP contribution is 2.30. The fraction of sp³-hybridized carbons (Fsp3) is 0.375. The summed E-state index contributed by atoms with van der Waals surface area (Å²) in [6, 6.07) is 8.52. The van der Waals surface area contributed by atoms with Gasteiger partial charge in [-0.05, 0) is 19.5 Å². The van der Waals surface area contributed by atoms with Crippen molar-refractivity contribution in [3.8, 4) is 0 Å². The van der Waals surface area contributed by atoms with Gasteiger partial charge in [-0.1, -0.05) is 24.3 Å². The number of hydrogen-bond donors (Lipinski definition) is 1. The van der Waals surface area contributed by atoms with Gasteiger partial charge in [0.05, 0.1) is 12.6 Å². The molecule has 1 aromatic carbocycles. The number of guanidine groups is 1. The third-order valence-corrected chi connectivity index (χ3v) is 3.94. The Hall–Kier alpha value is -2.14. The summed E-state index contributed by atoms with van der Waals surface area (Å²) in [5, 5.41) is 2.39. The van der Waals surface area contributed by atoms with E-state index in [0.717, 1.165) is 18.5 Å². The second-order valence-electron chi connectivity index (χ2n) is 5.66. The van der Waals surface area contributed by atoms with Crippen LogP contribution in [0.1, 0.15) is 11.6 Å². The summed E-state index contributed by atoms with van der Waals surface area (Å²) in [5.41, 5.74) is 7.28. The highest BCUT2D eigenvalue weighted by Gasteiger charge is 2.28. The van der Waals surface area contributed by atoms with Crippen molar-refractivity contribution in [1.82, 2.24) is 14.8 Å². The number of rotatable bonds is 4. The second-order valence-corrected chi connectivity index (χ2v) is 5.66. The zero-order valence-corrected chi connectivity index (χ0v) is 12.5. The van der Waals surface area contributed by atoms with Gasteiger partial charge in [0.25, 0.3) is 0 Å². The minimum absolute atomic E-state index is 0.184. The fourth-order valence-corrected chi connectivity index (χ4v) is 2.78. The van der Waals surface area contributed by atoms with Crippen LogP contribution in [0, 0.1) is 0 Å². The van der Waals surface area contributed by atoms with Gasteiger partial charge in [0.15, 0.2) is 5.96 Å². The van der Waals surface area contributed by atoms with E-state index in [1.165, 1.54) is 10.9 Å². The molecule has 110 valence electrons. The predicted octanol–water partition coefficient (Wildman–Crippen LogP) is 1.47. The number of likely N-dealkylation sites (N-methyl/N-ethyl adjacent to an activating group) is 1. The van der Waals surface area contributed by atoms with Gasteiger partial charge in [-0.2, -0.15) is 0 Å². The Morgan fingerprint density at radius 1 is 1.29 bits per heavy atom. The zero-order valence-electron chi connectivity index (χ0n) is 12.5. The standard InChI is InChI=1S/C16H21N5/c1-20(2)7-8-21-15(11-19-16(21)17)14-10-18-9-12-5-3-4-6-13(12)14/h3-6,9-10,15H,7-8,11H2,1-2H3,(H2,17,19). The van der Waals surface area contributed by atoms with Crippen molar-refractivity contribution < 1.29 is 0 Å². The van der Waals surface area contributed by atoms with Gasteiger partial charge in [-0.3, -0.25) is 9.98 Å². The average Bonchev–Trinajstić information content (AvgIpc) is 2.85. The van der Waals surface area contributed by atoms with Gasteiger partial charge in [0.1, 0.15) is 0 Å². The third kappa shape index (κ3) is 2.69. The molecular weight excluding hydrogens is 262 g/mol. The SMILES string of the molecule is CN(C)CCN1C(N)=NCC1c1cncc2ccccc12. The molecule has 0 bridgehead atoms. The van der Waals surface area contributed by atoms with Crippen LogP contribution in [0.4, 0.5) is 0 Å². The first kappa shape index (κ1) is 13.8. The molecule has 0 aliphatic carbocycles. The second kappa shape index (κ2) is 5.69. The van der Waals surface area contributed by atoms with Crippen molar-refractivity contribution in [2.75, 3.05) is 33.7 Å². The van der Waals surface area contributed by atoms with Gasteiger partial charge in [-0.25, -0.2) is 0 Å². The van der Waals surface area contributed by atoms with E-state index in [1.807, 2.05) is 18.5 Å². The number of benzene rings is 1. The van der Waals surface area contributed by atoms with Crippen molar-refractivity contribution in [1.29, 1.82) is 0 Å². The molecule has 0 radical (unpaired) electrons. The van der Waals surface area contributed by atoms with E-state index in [0.29, 0.717) is 12.5 Å². The maximum Gasteiger partial charge on any atom is 0.191 e. The van der Waals surface area contributed by atoms with Gasteiger partial charge >= 0.3 is 0 Å². The van der Waals surface area contributed by atoms with E-state index in [4.69, 9.17) is 5.73 Å². The first-order valence-corrected chi connectivity index (χ1v) is 7.21. The summed E-state index contributed by atoms with van der Waals surface area (Å²) < 4.78 is 0. The van der Waals surface area contributed by atoms with E-state index < -0.39 is 0 Å². The van der Waals surface area contributed by atoms with Crippen molar-refractivity contribution in [3.05, 3.63) is 42.2 Å². The maximum absolute atomic E-state index is 6.07. The minimum atomic E-state index is 0.184. The maximum atomic E-state index is 6.07. The number of aromatic nitrogens is 1. The number of nitrogens with zero attached hydrogens (tertiary/aromatic N) is 4. The van der Waals surface area contributed by atoms with Crippen LogP contribution in [0.3, 0.4) is 0 Å². The van der Waals surface area contributed by atoms with E-state index in [9.17, 15) is 0 Å². The molecule has 0 saturated carbocycles. The molecule has 1 atom stereocenters. The molecule has 2 N–H and O–H groups in total. The van der Waals surface area contributed by atoms with Crippen LogP contribution in [0.5, 0.6) is 0 Å². The molecule has 1 aliphatic rings. The Morgan fingerprint density at radius 2 is 2.10 bits per heavy atom. The lowest BCUT2D eigenvalue weighted by Gasteiger charge is -2.28. The van der Waals surface area contributed by atoms with Gasteiger partial charge < -0.3 is 15.5 Å². The first-order valence-electron chi connectivity index (χ1n) is 7.21. The van der Waals surface area contributed by atoms with E-state index in [1.54, 1.807) is 0 Å². The molecule has 2 heterocycles. The summed E-state index contributed by atoms with van der Waals surface area (Å²) in [5.74, 6) is 0.634. The Morgan fingerprint density at radius 3 is 2.90 bits per heavy atom. The van der Waals surface area contributed by atoms with Crippen molar-refractivity contribution in [3.63, 3.8) is 0 Å². The fourth-order valence-electron chi connectivity index (χ4n) is 2.78. The Balaban J connectivity index is 1.94. The topological polar surface area (TPSA) is 57.8 Å². The molecule has 1 aromatic heterocycles. The predicted molar refractivity (Wildman–Crippen MR) is 86.2 cm³/mol. The molecule has 0 amide bonds. The molecule has 0 fully saturated rings. The van der Waals surface area contributed by atoms with Crippen LogP contribution >= 0.6 is 0 Å². The zero-order chi connectivity index (χ0) is 14.8. The molecular formula is C16H21N5. The minimum Gasteiger partial charge on any atom is -0.370 e. The number of hydrogen-bond acceptors (Lipinski definition) is 5. The Labute approximate surface area is 125 Å². The summed E-state index contributed by atoms with van der Waals surface area (Å²) in [7, 11) is 4.13. The van der Waals surface area contributed by atoms with Crippen molar-refractivity contribution in [2.24, 2.45) is 10.7 Å². The van der Waals surface area contributed by atoms with Gasteiger partial charge in [0, 0.05) is 36.4 Å². The van der Waals surface area contributed by atoms with Crippen LogP contribution < -0.4 is 5.73 Å². The number of fused-ring (bicyclic) bond motifs is 1. The van der Waals surface area contributed by atoms with Crippen LogP contribution in [-0.4, -0.2) is 54.5 Å². The summed E-state index contributed by atoms with van der Waals surface area (Å²) in [6.45, 7) is 2.52. The molecule has 21 heavy (non-hydrogen) atoms. The summed E-state index contributed by atoms with van der Waals surface area (Å²) >= 11 is 0. The normalized spacial score (nSPS) is 18.5. The van der Waals surface area contributed by atoms with E-state index >= 15 is 0 Å². The van der Waals surface area contributed by atoms with Crippen LogP contribution in [-0.2, 0) is 0 Å².